The summed E-state index contributed by atoms with van der Waals surface area (Å²) in [7, 11) is 3.83. The Kier molecular flexibility index (Phi) is 5.64. The summed E-state index contributed by atoms with van der Waals surface area (Å²) in [5, 5.41) is 3.40. The van der Waals surface area contributed by atoms with Gasteiger partial charge in [0.05, 0.1) is 7.11 Å². The average molecular weight is 284 g/mol. The third-order valence-electron chi connectivity index (χ3n) is 3.52. The molecule has 112 valence electrons. The molecule has 0 saturated heterocycles. The molecule has 0 aliphatic carbocycles. The summed E-state index contributed by atoms with van der Waals surface area (Å²) in [4.78, 5) is 2.28. The van der Waals surface area contributed by atoms with E-state index < -0.39 is 0 Å². The van der Waals surface area contributed by atoms with E-state index in [2.05, 4.69) is 60.6 Å². The van der Waals surface area contributed by atoms with Gasteiger partial charge in [0.2, 0.25) is 0 Å². The molecule has 0 saturated carbocycles. The summed E-state index contributed by atoms with van der Waals surface area (Å²) >= 11 is 0. The molecule has 21 heavy (non-hydrogen) atoms. The Bertz CT molecular complexity index is 569. The number of hydrogen-bond donors (Lipinski definition) is 1. The van der Waals surface area contributed by atoms with Crippen molar-refractivity contribution in [3.8, 4) is 5.75 Å². The average Bonchev–Trinajstić information content (AvgIpc) is 2.53. The minimum Gasteiger partial charge on any atom is -0.497 e. The minimum atomic E-state index is 0.861. The molecule has 0 fully saturated rings. The van der Waals surface area contributed by atoms with Crippen molar-refractivity contribution in [2.24, 2.45) is 0 Å². The van der Waals surface area contributed by atoms with Crippen LogP contribution in [0.4, 0.5) is 5.69 Å². The zero-order valence-corrected chi connectivity index (χ0v) is 13.1. The highest BCUT2D eigenvalue weighted by atomic mass is 16.5. The predicted octanol–water partition coefficient (Wildman–Crippen LogP) is 3.44. The summed E-state index contributed by atoms with van der Waals surface area (Å²) in [6.07, 6.45) is 0. The van der Waals surface area contributed by atoms with Gasteiger partial charge in [-0.25, -0.2) is 0 Å². The van der Waals surface area contributed by atoms with Crippen LogP contribution in [-0.4, -0.2) is 20.7 Å². The molecule has 0 radical (unpaired) electrons. The molecule has 0 unspecified atom stereocenters. The number of methoxy groups -OCH3 is 1. The van der Waals surface area contributed by atoms with Crippen molar-refractivity contribution in [2.75, 3.05) is 25.6 Å². The van der Waals surface area contributed by atoms with Crippen molar-refractivity contribution < 1.29 is 4.74 Å². The van der Waals surface area contributed by atoms with Crippen molar-refractivity contribution >= 4 is 5.69 Å². The highest BCUT2D eigenvalue weighted by Crippen LogP contribution is 2.22. The Morgan fingerprint density at radius 1 is 1.10 bits per heavy atom. The molecule has 3 nitrogen and oxygen atoms in total. The first-order chi connectivity index (χ1) is 10.2. The number of benzene rings is 2. The number of rotatable bonds is 7. The van der Waals surface area contributed by atoms with Gasteiger partial charge in [-0.1, -0.05) is 37.3 Å². The Labute approximate surface area is 127 Å². The summed E-state index contributed by atoms with van der Waals surface area (Å²) in [5.41, 5.74) is 3.83. The van der Waals surface area contributed by atoms with Gasteiger partial charge >= 0.3 is 0 Å². The van der Waals surface area contributed by atoms with E-state index in [0.29, 0.717) is 0 Å². The fraction of sp³-hybridized carbons (Fsp3) is 0.333. The van der Waals surface area contributed by atoms with E-state index in [-0.39, 0.29) is 0 Å². The van der Waals surface area contributed by atoms with Gasteiger partial charge in [-0.3, -0.25) is 0 Å². The molecule has 0 bridgehead atoms. The first-order valence-corrected chi connectivity index (χ1v) is 7.37. The number of nitrogens with one attached hydrogen (secondary N) is 1. The Balaban J connectivity index is 2.13. The van der Waals surface area contributed by atoms with E-state index >= 15 is 0 Å². The topological polar surface area (TPSA) is 24.5 Å². The van der Waals surface area contributed by atoms with Crippen LogP contribution in [0.1, 0.15) is 18.1 Å². The van der Waals surface area contributed by atoms with Crippen molar-refractivity contribution in [1.29, 1.82) is 0 Å². The molecule has 2 aromatic rings. The molecule has 3 heteroatoms. The van der Waals surface area contributed by atoms with Gasteiger partial charge in [-0.05, 0) is 35.9 Å². The Morgan fingerprint density at radius 3 is 2.67 bits per heavy atom. The standard InChI is InChI=1S/C18H24N2O/c1-4-19-13-16-9-5-6-11-18(16)20(2)14-15-8-7-10-17(12-15)21-3/h5-12,19H,4,13-14H2,1-3H3. The van der Waals surface area contributed by atoms with Gasteiger partial charge in [0.1, 0.15) is 5.75 Å². The van der Waals surface area contributed by atoms with Crippen molar-refractivity contribution in [1.82, 2.24) is 5.32 Å². The largest absolute Gasteiger partial charge is 0.497 e. The highest BCUT2D eigenvalue weighted by molar-refractivity contribution is 5.53. The Hall–Kier alpha value is -2.00. The lowest BCUT2D eigenvalue weighted by Gasteiger charge is -2.23. The molecular formula is C18H24N2O. The number of anilines is 1. The Morgan fingerprint density at radius 2 is 1.90 bits per heavy atom. The smallest absolute Gasteiger partial charge is 0.119 e. The van der Waals surface area contributed by atoms with E-state index in [1.807, 2.05) is 12.1 Å². The normalized spacial score (nSPS) is 10.4. The monoisotopic (exact) mass is 284 g/mol. The van der Waals surface area contributed by atoms with E-state index in [4.69, 9.17) is 4.74 Å². The van der Waals surface area contributed by atoms with Gasteiger partial charge in [0.15, 0.2) is 0 Å². The maximum absolute atomic E-state index is 5.29. The van der Waals surface area contributed by atoms with Crippen LogP contribution in [0, 0.1) is 0 Å². The molecule has 0 aliphatic heterocycles. The van der Waals surface area contributed by atoms with Crippen molar-refractivity contribution in [3.05, 3.63) is 59.7 Å². The zero-order valence-electron chi connectivity index (χ0n) is 13.1. The maximum Gasteiger partial charge on any atom is 0.119 e. The second kappa shape index (κ2) is 7.70. The molecule has 2 rings (SSSR count). The molecule has 1 N–H and O–H groups in total. The lowest BCUT2D eigenvalue weighted by molar-refractivity contribution is 0.414. The van der Waals surface area contributed by atoms with Crippen LogP contribution in [0.2, 0.25) is 0 Å². The summed E-state index contributed by atoms with van der Waals surface area (Å²) in [6, 6.07) is 16.8. The van der Waals surface area contributed by atoms with Gasteiger partial charge < -0.3 is 15.0 Å². The lowest BCUT2D eigenvalue weighted by Crippen LogP contribution is -2.20. The molecule has 0 atom stereocenters. The molecule has 0 spiro atoms. The number of ether oxygens (including phenoxy) is 1. The highest BCUT2D eigenvalue weighted by Gasteiger charge is 2.07. The van der Waals surface area contributed by atoms with Gasteiger partial charge in [0, 0.05) is 25.8 Å². The molecule has 0 aliphatic rings. The van der Waals surface area contributed by atoms with Crippen LogP contribution in [-0.2, 0) is 13.1 Å². The molecular weight excluding hydrogens is 260 g/mol. The van der Waals surface area contributed by atoms with Gasteiger partial charge in [-0.15, -0.1) is 0 Å². The summed E-state index contributed by atoms with van der Waals surface area (Å²) < 4.78 is 5.29. The van der Waals surface area contributed by atoms with E-state index in [1.54, 1.807) is 7.11 Å². The maximum atomic E-state index is 5.29. The van der Waals surface area contributed by atoms with Crippen LogP contribution >= 0.6 is 0 Å². The van der Waals surface area contributed by atoms with Crippen LogP contribution in [0.15, 0.2) is 48.5 Å². The van der Waals surface area contributed by atoms with E-state index in [0.717, 1.165) is 25.4 Å². The predicted molar refractivity (Wildman–Crippen MR) is 88.9 cm³/mol. The number of nitrogens with zero attached hydrogens (tertiary/aromatic N) is 1. The van der Waals surface area contributed by atoms with Crippen LogP contribution < -0.4 is 15.0 Å². The summed E-state index contributed by atoms with van der Waals surface area (Å²) in [6.45, 7) is 4.87. The molecule has 0 amide bonds. The van der Waals surface area contributed by atoms with Crippen molar-refractivity contribution in [3.63, 3.8) is 0 Å². The first-order valence-electron chi connectivity index (χ1n) is 7.37. The number of hydrogen-bond acceptors (Lipinski definition) is 3. The van der Waals surface area contributed by atoms with E-state index in [1.165, 1.54) is 16.8 Å². The molecule has 0 aromatic heterocycles. The zero-order chi connectivity index (χ0) is 15.1. The third-order valence-corrected chi connectivity index (χ3v) is 3.52. The second-order valence-electron chi connectivity index (χ2n) is 5.12. The molecule has 2 aromatic carbocycles. The SMILES string of the molecule is CCNCc1ccccc1N(C)Cc1cccc(OC)c1. The van der Waals surface area contributed by atoms with Crippen molar-refractivity contribution in [2.45, 2.75) is 20.0 Å². The lowest BCUT2D eigenvalue weighted by atomic mass is 10.1. The first kappa shape index (κ1) is 15.4. The van der Waals surface area contributed by atoms with Crippen LogP contribution in [0.5, 0.6) is 5.75 Å². The minimum absolute atomic E-state index is 0.861. The quantitative estimate of drug-likeness (QED) is 0.843. The van der Waals surface area contributed by atoms with Gasteiger partial charge in [0.25, 0.3) is 0 Å². The van der Waals surface area contributed by atoms with Crippen LogP contribution in [0.3, 0.4) is 0 Å². The number of para-hydroxylation sites is 1. The molecule has 0 heterocycles. The van der Waals surface area contributed by atoms with E-state index in [9.17, 15) is 0 Å². The fourth-order valence-electron chi connectivity index (χ4n) is 2.42. The third kappa shape index (κ3) is 4.23. The second-order valence-corrected chi connectivity index (χ2v) is 5.12. The summed E-state index contributed by atoms with van der Waals surface area (Å²) in [5.74, 6) is 0.904. The fourth-order valence-corrected chi connectivity index (χ4v) is 2.42. The van der Waals surface area contributed by atoms with Crippen LogP contribution in [0.25, 0.3) is 0 Å². The van der Waals surface area contributed by atoms with Gasteiger partial charge in [-0.2, -0.15) is 0 Å².